The quantitative estimate of drug-likeness (QED) is 0.838. The van der Waals surface area contributed by atoms with Crippen LogP contribution in [0.25, 0.3) is 10.8 Å². The van der Waals surface area contributed by atoms with Crippen molar-refractivity contribution in [3.63, 3.8) is 0 Å². The molecule has 1 aliphatic rings. The van der Waals surface area contributed by atoms with E-state index in [1.807, 2.05) is 0 Å². The average Bonchev–Trinajstić information content (AvgIpc) is 2.41. The predicted molar refractivity (Wildman–Crippen MR) is 87.1 cm³/mol. The fraction of sp³-hybridized carbons (Fsp3) is 0.474. The standard InChI is InChI=1S/C19H25N/c1-15(2)20-14-19(11-6-12-19)13-17-9-5-8-16-7-3-4-10-18(16)17/h3-5,7-10,15,20H,6,11-14H2,1-2H3. The van der Waals surface area contributed by atoms with Gasteiger partial charge in [0.25, 0.3) is 0 Å². The van der Waals surface area contributed by atoms with Gasteiger partial charge in [-0.3, -0.25) is 0 Å². The Kier molecular flexibility index (Phi) is 3.80. The van der Waals surface area contributed by atoms with Gasteiger partial charge in [-0.05, 0) is 41.0 Å². The maximum atomic E-state index is 3.66. The van der Waals surface area contributed by atoms with Crippen LogP contribution in [0.1, 0.15) is 38.7 Å². The molecular formula is C19H25N. The van der Waals surface area contributed by atoms with E-state index in [0.717, 1.165) is 6.54 Å². The molecule has 20 heavy (non-hydrogen) atoms. The van der Waals surface area contributed by atoms with Crippen molar-refractivity contribution in [1.29, 1.82) is 0 Å². The van der Waals surface area contributed by atoms with Crippen LogP contribution in [-0.4, -0.2) is 12.6 Å². The van der Waals surface area contributed by atoms with Gasteiger partial charge in [-0.1, -0.05) is 62.7 Å². The number of hydrogen-bond donors (Lipinski definition) is 1. The Bertz CT molecular complexity index is 576. The van der Waals surface area contributed by atoms with Crippen LogP contribution < -0.4 is 5.32 Å². The number of rotatable bonds is 5. The van der Waals surface area contributed by atoms with E-state index in [-0.39, 0.29) is 0 Å². The Morgan fingerprint density at radius 3 is 2.50 bits per heavy atom. The van der Waals surface area contributed by atoms with Crippen molar-refractivity contribution in [3.05, 3.63) is 48.0 Å². The van der Waals surface area contributed by atoms with Gasteiger partial charge in [0.2, 0.25) is 0 Å². The first-order valence-corrected chi connectivity index (χ1v) is 7.89. The van der Waals surface area contributed by atoms with E-state index < -0.39 is 0 Å². The van der Waals surface area contributed by atoms with E-state index in [2.05, 4.69) is 61.6 Å². The summed E-state index contributed by atoms with van der Waals surface area (Å²) in [4.78, 5) is 0. The number of fused-ring (bicyclic) bond motifs is 1. The molecule has 0 spiro atoms. The molecule has 2 aromatic rings. The predicted octanol–water partition coefficient (Wildman–Crippen LogP) is 4.55. The van der Waals surface area contributed by atoms with Crippen molar-refractivity contribution in [2.75, 3.05) is 6.54 Å². The Morgan fingerprint density at radius 1 is 1.05 bits per heavy atom. The third kappa shape index (κ3) is 2.73. The molecule has 0 radical (unpaired) electrons. The molecule has 1 saturated carbocycles. The summed E-state index contributed by atoms with van der Waals surface area (Å²) in [7, 11) is 0. The van der Waals surface area contributed by atoms with Gasteiger partial charge in [-0.25, -0.2) is 0 Å². The lowest BCUT2D eigenvalue weighted by molar-refractivity contribution is 0.127. The second kappa shape index (κ2) is 5.57. The normalized spacial score (nSPS) is 17.4. The lowest BCUT2D eigenvalue weighted by Crippen LogP contribution is -2.43. The summed E-state index contributed by atoms with van der Waals surface area (Å²) >= 11 is 0. The minimum Gasteiger partial charge on any atom is -0.314 e. The third-order valence-electron chi connectivity index (χ3n) is 4.74. The first kappa shape index (κ1) is 13.6. The van der Waals surface area contributed by atoms with Gasteiger partial charge in [-0.15, -0.1) is 0 Å². The molecule has 0 aliphatic heterocycles. The molecule has 0 unspecified atom stereocenters. The van der Waals surface area contributed by atoms with E-state index in [4.69, 9.17) is 0 Å². The highest BCUT2D eigenvalue weighted by molar-refractivity contribution is 5.85. The number of nitrogens with one attached hydrogen (secondary N) is 1. The molecule has 3 rings (SSSR count). The van der Waals surface area contributed by atoms with Crippen molar-refractivity contribution in [3.8, 4) is 0 Å². The smallest absolute Gasteiger partial charge is 0.00134 e. The molecule has 2 aromatic carbocycles. The van der Waals surface area contributed by atoms with Crippen LogP contribution in [0.3, 0.4) is 0 Å². The van der Waals surface area contributed by atoms with Crippen LogP contribution in [0.5, 0.6) is 0 Å². The van der Waals surface area contributed by atoms with Crippen LogP contribution in [-0.2, 0) is 6.42 Å². The molecule has 0 bridgehead atoms. The molecule has 0 amide bonds. The lowest BCUT2D eigenvalue weighted by Gasteiger charge is -2.43. The van der Waals surface area contributed by atoms with E-state index in [1.165, 1.54) is 42.0 Å². The van der Waals surface area contributed by atoms with Gasteiger partial charge in [0.15, 0.2) is 0 Å². The second-order valence-corrected chi connectivity index (χ2v) is 6.70. The van der Waals surface area contributed by atoms with Crippen molar-refractivity contribution in [2.24, 2.45) is 5.41 Å². The fourth-order valence-corrected chi connectivity index (χ4v) is 3.36. The summed E-state index contributed by atoms with van der Waals surface area (Å²) in [6, 6.07) is 16.1. The van der Waals surface area contributed by atoms with E-state index >= 15 is 0 Å². The van der Waals surface area contributed by atoms with Gasteiger partial charge in [0.05, 0.1) is 0 Å². The highest BCUT2D eigenvalue weighted by Crippen LogP contribution is 2.44. The number of benzene rings is 2. The lowest BCUT2D eigenvalue weighted by atomic mass is 9.65. The highest BCUT2D eigenvalue weighted by atomic mass is 14.9. The summed E-state index contributed by atoms with van der Waals surface area (Å²) < 4.78 is 0. The topological polar surface area (TPSA) is 12.0 Å². The van der Waals surface area contributed by atoms with Crippen LogP contribution in [0.4, 0.5) is 0 Å². The first-order valence-electron chi connectivity index (χ1n) is 7.89. The van der Waals surface area contributed by atoms with Gasteiger partial charge < -0.3 is 5.32 Å². The van der Waals surface area contributed by atoms with Gasteiger partial charge in [0, 0.05) is 12.6 Å². The summed E-state index contributed by atoms with van der Waals surface area (Å²) in [5, 5.41) is 6.46. The molecule has 0 saturated heterocycles. The maximum absolute atomic E-state index is 3.66. The molecule has 1 N–H and O–H groups in total. The summed E-state index contributed by atoms with van der Waals surface area (Å²) in [6.07, 6.45) is 5.35. The maximum Gasteiger partial charge on any atom is 0.00134 e. The largest absolute Gasteiger partial charge is 0.314 e. The fourth-order valence-electron chi connectivity index (χ4n) is 3.36. The van der Waals surface area contributed by atoms with Crippen LogP contribution >= 0.6 is 0 Å². The SMILES string of the molecule is CC(C)NCC1(Cc2cccc3ccccc23)CCC1. The summed E-state index contributed by atoms with van der Waals surface area (Å²) in [6.45, 7) is 5.64. The number of hydrogen-bond acceptors (Lipinski definition) is 1. The van der Waals surface area contributed by atoms with Crippen LogP contribution in [0.2, 0.25) is 0 Å². The van der Waals surface area contributed by atoms with E-state index in [9.17, 15) is 0 Å². The zero-order valence-electron chi connectivity index (χ0n) is 12.7. The van der Waals surface area contributed by atoms with Gasteiger partial charge in [-0.2, -0.15) is 0 Å². The average molecular weight is 267 g/mol. The minimum absolute atomic E-state index is 0.494. The molecule has 1 heteroatoms. The Balaban J connectivity index is 1.84. The van der Waals surface area contributed by atoms with Crippen molar-refractivity contribution < 1.29 is 0 Å². The van der Waals surface area contributed by atoms with Crippen LogP contribution in [0, 0.1) is 5.41 Å². The van der Waals surface area contributed by atoms with Crippen molar-refractivity contribution >= 4 is 10.8 Å². The van der Waals surface area contributed by atoms with Gasteiger partial charge >= 0.3 is 0 Å². The first-order chi connectivity index (χ1) is 9.69. The molecule has 1 fully saturated rings. The minimum atomic E-state index is 0.494. The third-order valence-corrected chi connectivity index (χ3v) is 4.74. The molecule has 0 aromatic heterocycles. The molecule has 106 valence electrons. The van der Waals surface area contributed by atoms with E-state index in [1.54, 1.807) is 0 Å². The van der Waals surface area contributed by atoms with Crippen molar-refractivity contribution in [2.45, 2.75) is 45.6 Å². The zero-order chi connectivity index (χ0) is 14.0. The highest BCUT2D eigenvalue weighted by Gasteiger charge is 2.36. The Hall–Kier alpha value is -1.34. The summed E-state index contributed by atoms with van der Waals surface area (Å²) in [5.74, 6) is 0. The van der Waals surface area contributed by atoms with E-state index in [0.29, 0.717) is 11.5 Å². The molecule has 1 aliphatic carbocycles. The second-order valence-electron chi connectivity index (χ2n) is 6.70. The monoisotopic (exact) mass is 267 g/mol. The molecule has 1 nitrogen and oxygen atoms in total. The Labute approximate surface area is 122 Å². The molecular weight excluding hydrogens is 242 g/mol. The Morgan fingerprint density at radius 2 is 1.80 bits per heavy atom. The molecule has 0 heterocycles. The van der Waals surface area contributed by atoms with Crippen molar-refractivity contribution in [1.82, 2.24) is 5.32 Å². The van der Waals surface area contributed by atoms with Gasteiger partial charge in [0.1, 0.15) is 0 Å². The zero-order valence-corrected chi connectivity index (χ0v) is 12.7. The van der Waals surface area contributed by atoms with Crippen LogP contribution in [0.15, 0.2) is 42.5 Å². The summed E-state index contributed by atoms with van der Waals surface area (Å²) in [5.41, 5.74) is 2.02. The molecule has 0 atom stereocenters.